The number of nitrogens with zero attached hydrogens (tertiary/aromatic N) is 2. The Morgan fingerprint density at radius 2 is 2.11 bits per heavy atom. The second-order valence-corrected chi connectivity index (χ2v) is 4.17. The highest BCUT2D eigenvalue weighted by molar-refractivity contribution is 5.94. The molecular formula is C13H14N2O3. The van der Waals surface area contributed by atoms with E-state index >= 15 is 0 Å². The van der Waals surface area contributed by atoms with Gasteiger partial charge in [-0.15, -0.1) is 0 Å². The Hall–Kier alpha value is -2.30. The molecule has 0 aliphatic rings. The maximum atomic E-state index is 11.0. The van der Waals surface area contributed by atoms with Crippen molar-refractivity contribution in [1.82, 2.24) is 4.98 Å². The number of aromatic hydroxyl groups is 1. The third-order valence-corrected chi connectivity index (χ3v) is 3.00. The molecule has 0 spiro atoms. The van der Waals surface area contributed by atoms with Crippen LogP contribution >= 0.6 is 0 Å². The number of aromatic nitrogens is 1. The minimum Gasteiger partial charge on any atom is -0.508 e. The average Bonchev–Trinajstić information content (AvgIpc) is 2.36. The van der Waals surface area contributed by atoms with Crippen LogP contribution in [-0.4, -0.2) is 34.3 Å². The lowest BCUT2D eigenvalue weighted by atomic mass is 10.1. The molecule has 0 amide bonds. The van der Waals surface area contributed by atoms with Crippen molar-refractivity contribution in [2.24, 2.45) is 0 Å². The molecule has 0 saturated heterocycles. The fraction of sp³-hybridized carbons (Fsp3) is 0.231. The van der Waals surface area contributed by atoms with E-state index in [2.05, 4.69) is 4.98 Å². The van der Waals surface area contributed by atoms with Gasteiger partial charge in [0.15, 0.2) is 0 Å². The first kappa shape index (κ1) is 12.2. The van der Waals surface area contributed by atoms with Crippen molar-refractivity contribution < 1.29 is 15.0 Å². The predicted octanol–water partition coefficient (Wildman–Crippen LogP) is 1.85. The lowest BCUT2D eigenvalue weighted by Crippen LogP contribution is -2.36. The maximum Gasteiger partial charge on any atom is 0.326 e. The van der Waals surface area contributed by atoms with Crippen LogP contribution in [0.15, 0.2) is 30.5 Å². The van der Waals surface area contributed by atoms with E-state index in [0.717, 1.165) is 10.8 Å². The minimum atomic E-state index is -0.920. The monoisotopic (exact) mass is 246 g/mol. The summed E-state index contributed by atoms with van der Waals surface area (Å²) in [4.78, 5) is 16.8. The van der Waals surface area contributed by atoms with Crippen LogP contribution in [0.4, 0.5) is 5.82 Å². The quantitative estimate of drug-likeness (QED) is 0.864. The van der Waals surface area contributed by atoms with E-state index in [0.29, 0.717) is 5.82 Å². The van der Waals surface area contributed by atoms with E-state index in [9.17, 15) is 9.90 Å². The van der Waals surface area contributed by atoms with Crippen LogP contribution in [0.2, 0.25) is 0 Å². The molecule has 1 unspecified atom stereocenters. The molecule has 1 aromatic carbocycles. The number of fused-ring (bicyclic) bond motifs is 1. The fourth-order valence-corrected chi connectivity index (χ4v) is 1.77. The SMILES string of the molecule is CC(C(=O)O)N(C)c1nccc2ccc(O)cc12. The summed E-state index contributed by atoms with van der Waals surface area (Å²) in [5.74, 6) is -0.247. The Kier molecular flexibility index (Phi) is 3.06. The first-order valence-corrected chi connectivity index (χ1v) is 5.54. The molecule has 0 saturated carbocycles. The third-order valence-electron chi connectivity index (χ3n) is 3.00. The van der Waals surface area contributed by atoms with Gasteiger partial charge in [-0.05, 0) is 30.5 Å². The highest BCUT2D eigenvalue weighted by Gasteiger charge is 2.19. The van der Waals surface area contributed by atoms with Crippen molar-refractivity contribution in [3.63, 3.8) is 0 Å². The maximum absolute atomic E-state index is 11.0. The topological polar surface area (TPSA) is 73.7 Å². The van der Waals surface area contributed by atoms with E-state index < -0.39 is 12.0 Å². The molecule has 2 N–H and O–H groups in total. The summed E-state index contributed by atoms with van der Waals surface area (Å²) >= 11 is 0. The highest BCUT2D eigenvalue weighted by Crippen LogP contribution is 2.27. The molecule has 0 bridgehead atoms. The zero-order chi connectivity index (χ0) is 13.3. The summed E-state index contributed by atoms with van der Waals surface area (Å²) in [5, 5.41) is 20.2. The van der Waals surface area contributed by atoms with Gasteiger partial charge in [-0.2, -0.15) is 0 Å². The zero-order valence-electron chi connectivity index (χ0n) is 10.2. The number of carbonyl (C=O) groups is 1. The predicted molar refractivity (Wildman–Crippen MR) is 68.9 cm³/mol. The molecule has 2 aromatic rings. The van der Waals surface area contributed by atoms with E-state index in [1.807, 2.05) is 6.07 Å². The molecule has 0 radical (unpaired) electrons. The van der Waals surface area contributed by atoms with Gasteiger partial charge in [-0.1, -0.05) is 6.07 Å². The van der Waals surface area contributed by atoms with Crippen LogP contribution in [0.1, 0.15) is 6.92 Å². The number of hydrogen-bond acceptors (Lipinski definition) is 4. The van der Waals surface area contributed by atoms with Crippen molar-refractivity contribution in [1.29, 1.82) is 0 Å². The van der Waals surface area contributed by atoms with Gasteiger partial charge in [0.25, 0.3) is 0 Å². The largest absolute Gasteiger partial charge is 0.508 e. The number of pyridine rings is 1. The molecular weight excluding hydrogens is 232 g/mol. The molecule has 5 nitrogen and oxygen atoms in total. The summed E-state index contributed by atoms with van der Waals surface area (Å²) in [6.45, 7) is 1.59. The summed E-state index contributed by atoms with van der Waals surface area (Å²) in [5.41, 5.74) is 0. The Balaban J connectivity index is 2.56. The number of anilines is 1. The van der Waals surface area contributed by atoms with Crippen LogP contribution in [0.25, 0.3) is 10.8 Å². The summed E-state index contributed by atoms with van der Waals surface area (Å²) in [6.07, 6.45) is 1.62. The third kappa shape index (κ3) is 2.07. The Labute approximate surface area is 104 Å². The van der Waals surface area contributed by atoms with Gasteiger partial charge in [0.2, 0.25) is 0 Å². The molecule has 1 heterocycles. The number of carboxylic acids is 1. The fourth-order valence-electron chi connectivity index (χ4n) is 1.77. The second-order valence-electron chi connectivity index (χ2n) is 4.17. The van der Waals surface area contributed by atoms with Gasteiger partial charge in [-0.3, -0.25) is 0 Å². The van der Waals surface area contributed by atoms with Crippen molar-refractivity contribution in [2.75, 3.05) is 11.9 Å². The van der Waals surface area contributed by atoms with Crippen LogP contribution in [-0.2, 0) is 4.79 Å². The average molecular weight is 246 g/mol. The van der Waals surface area contributed by atoms with Crippen LogP contribution < -0.4 is 4.90 Å². The van der Waals surface area contributed by atoms with Crippen molar-refractivity contribution >= 4 is 22.6 Å². The summed E-state index contributed by atoms with van der Waals surface area (Å²) in [6, 6.07) is 6.08. The molecule has 18 heavy (non-hydrogen) atoms. The molecule has 0 aliphatic heterocycles. The Bertz CT molecular complexity index is 598. The Morgan fingerprint density at radius 1 is 1.39 bits per heavy atom. The molecule has 1 aromatic heterocycles. The standard InChI is InChI=1S/C13H14N2O3/c1-8(13(17)18)15(2)12-11-7-10(16)4-3-9(11)5-6-14-12/h3-8,16H,1-2H3,(H,17,18). The van der Waals surface area contributed by atoms with Crippen molar-refractivity contribution in [3.05, 3.63) is 30.5 Å². The van der Waals surface area contributed by atoms with Crippen LogP contribution in [0.3, 0.4) is 0 Å². The summed E-state index contributed by atoms with van der Waals surface area (Å²) in [7, 11) is 1.67. The number of aliphatic carboxylic acids is 1. The number of hydrogen-bond donors (Lipinski definition) is 2. The lowest BCUT2D eigenvalue weighted by molar-refractivity contribution is -0.138. The van der Waals surface area contributed by atoms with Crippen LogP contribution in [0.5, 0.6) is 5.75 Å². The molecule has 94 valence electrons. The molecule has 1 atom stereocenters. The first-order valence-electron chi connectivity index (χ1n) is 5.54. The van der Waals surface area contributed by atoms with Crippen LogP contribution in [0, 0.1) is 0 Å². The lowest BCUT2D eigenvalue weighted by Gasteiger charge is -2.23. The van der Waals surface area contributed by atoms with E-state index in [-0.39, 0.29) is 5.75 Å². The first-order chi connectivity index (χ1) is 8.50. The van der Waals surface area contributed by atoms with Gasteiger partial charge in [0.05, 0.1) is 0 Å². The van der Waals surface area contributed by atoms with E-state index in [4.69, 9.17) is 5.11 Å². The van der Waals surface area contributed by atoms with E-state index in [1.54, 1.807) is 43.3 Å². The molecule has 2 rings (SSSR count). The van der Waals surface area contributed by atoms with Gasteiger partial charge < -0.3 is 15.1 Å². The Morgan fingerprint density at radius 3 is 2.78 bits per heavy atom. The molecule has 0 fully saturated rings. The van der Waals surface area contributed by atoms with Gasteiger partial charge in [-0.25, -0.2) is 9.78 Å². The molecule has 5 heteroatoms. The number of benzene rings is 1. The van der Waals surface area contributed by atoms with Gasteiger partial charge in [0.1, 0.15) is 17.6 Å². The summed E-state index contributed by atoms with van der Waals surface area (Å²) < 4.78 is 0. The van der Waals surface area contributed by atoms with Crippen molar-refractivity contribution in [3.8, 4) is 5.75 Å². The second kappa shape index (κ2) is 4.52. The number of phenols is 1. The minimum absolute atomic E-state index is 0.133. The van der Waals surface area contributed by atoms with Gasteiger partial charge >= 0.3 is 5.97 Å². The smallest absolute Gasteiger partial charge is 0.326 e. The zero-order valence-corrected chi connectivity index (χ0v) is 10.2. The number of carboxylic acid groups (broad SMARTS) is 1. The normalized spacial score (nSPS) is 12.3. The van der Waals surface area contributed by atoms with E-state index in [1.165, 1.54) is 0 Å². The van der Waals surface area contributed by atoms with Gasteiger partial charge in [0, 0.05) is 18.6 Å². The number of phenolic OH excluding ortho intramolecular Hbond substituents is 1. The molecule has 0 aliphatic carbocycles. The number of rotatable bonds is 3. The number of likely N-dealkylation sites (N-methyl/N-ethyl adjacent to an activating group) is 1. The van der Waals surface area contributed by atoms with Crippen molar-refractivity contribution in [2.45, 2.75) is 13.0 Å². The highest BCUT2D eigenvalue weighted by atomic mass is 16.4.